The fraction of sp³-hybridized carbons (Fsp3) is 0.100. The number of benzene rings is 3. The lowest BCUT2D eigenvalue weighted by atomic mass is 10.2. The van der Waals surface area contributed by atoms with E-state index in [0.29, 0.717) is 0 Å². The number of hydrogen-bond donors (Lipinski definition) is 0. The average molecular weight is 358 g/mol. The van der Waals surface area contributed by atoms with Gasteiger partial charge in [0.05, 0.1) is 0 Å². The smallest absolute Gasteiger partial charge is 0.123 e. The highest BCUT2D eigenvalue weighted by atomic mass is 32.2. The van der Waals surface area contributed by atoms with Gasteiger partial charge < -0.3 is 0 Å². The summed E-state index contributed by atoms with van der Waals surface area (Å²) in [6.45, 7) is 0. The molecule has 0 aromatic heterocycles. The third-order valence-electron chi connectivity index (χ3n) is 3.48. The third-order valence-corrected chi connectivity index (χ3v) is 6.06. The van der Waals surface area contributed by atoms with E-state index in [9.17, 15) is 8.78 Å². The molecule has 0 saturated carbocycles. The van der Waals surface area contributed by atoms with Crippen LogP contribution in [0.15, 0.2) is 88.7 Å². The van der Waals surface area contributed by atoms with Crippen LogP contribution in [-0.2, 0) is 0 Å². The minimum atomic E-state index is -0.226. The molecule has 0 spiro atoms. The molecule has 1 unspecified atom stereocenters. The van der Waals surface area contributed by atoms with Crippen LogP contribution < -0.4 is 0 Å². The fourth-order valence-electron chi connectivity index (χ4n) is 2.25. The Hall–Kier alpha value is -1.78. The molecule has 0 saturated heterocycles. The molecule has 0 aliphatic carbocycles. The van der Waals surface area contributed by atoms with Crippen molar-refractivity contribution in [3.63, 3.8) is 0 Å². The summed E-state index contributed by atoms with van der Waals surface area (Å²) in [7, 11) is 0. The Kier molecular flexibility index (Phi) is 5.94. The molecule has 0 N–H and O–H groups in total. The van der Waals surface area contributed by atoms with E-state index in [0.717, 1.165) is 15.5 Å². The molecule has 3 aromatic rings. The molecule has 4 heteroatoms. The fourth-order valence-corrected chi connectivity index (χ4v) is 4.50. The van der Waals surface area contributed by atoms with Crippen LogP contribution in [0.5, 0.6) is 0 Å². The van der Waals surface area contributed by atoms with Gasteiger partial charge in [-0.15, -0.1) is 23.5 Å². The summed E-state index contributed by atoms with van der Waals surface area (Å²) in [5.41, 5.74) is 1.22. The zero-order chi connectivity index (χ0) is 16.8. The van der Waals surface area contributed by atoms with E-state index in [1.54, 1.807) is 47.8 Å². The molecule has 0 amide bonds. The van der Waals surface area contributed by atoms with E-state index in [4.69, 9.17) is 0 Å². The van der Waals surface area contributed by atoms with Gasteiger partial charge in [-0.2, -0.15) is 0 Å². The highest BCUT2D eigenvalue weighted by molar-refractivity contribution is 8.03. The van der Waals surface area contributed by atoms with Crippen LogP contribution in [0.1, 0.15) is 10.8 Å². The van der Waals surface area contributed by atoms with Crippen LogP contribution in [0.4, 0.5) is 8.78 Å². The van der Waals surface area contributed by atoms with Crippen molar-refractivity contribution >= 4 is 23.5 Å². The Bertz CT molecular complexity index is 756. The molecule has 3 rings (SSSR count). The van der Waals surface area contributed by atoms with Crippen LogP contribution in [0.25, 0.3) is 0 Å². The summed E-state index contributed by atoms with van der Waals surface area (Å²) in [4.78, 5) is 2.07. The highest BCUT2D eigenvalue weighted by Crippen LogP contribution is 2.39. The predicted molar refractivity (Wildman–Crippen MR) is 98.6 cm³/mol. The van der Waals surface area contributed by atoms with Gasteiger partial charge in [-0.25, -0.2) is 8.78 Å². The van der Waals surface area contributed by atoms with E-state index < -0.39 is 0 Å². The van der Waals surface area contributed by atoms with Gasteiger partial charge in [0.2, 0.25) is 0 Å². The molecule has 0 bridgehead atoms. The Labute approximate surface area is 149 Å². The van der Waals surface area contributed by atoms with Gasteiger partial charge in [0, 0.05) is 20.8 Å². The zero-order valence-electron chi connectivity index (χ0n) is 12.9. The molecular weight excluding hydrogens is 342 g/mol. The van der Waals surface area contributed by atoms with Gasteiger partial charge in [-0.3, -0.25) is 0 Å². The molecule has 0 aliphatic heterocycles. The standard InChI is InChI=1S/C20H16F2S2/c21-16-6-10-18(11-7-16)23-14-20(15-4-2-1-3-5-15)24-19-12-8-17(22)9-13-19/h1-13,20H,14H2. The van der Waals surface area contributed by atoms with Gasteiger partial charge in [0.1, 0.15) is 11.6 Å². The molecule has 122 valence electrons. The first kappa shape index (κ1) is 17.1. The number of halogens is 2. The van der Waals surface area contributed by atoms with Crippen LogP contribution in [0, 0.1) is 11.6 Å². The molecule has 1 atom stereocenters. The summed E-state index contributed by atoms with van der Waals surface area (Å²) in [6.07, 6.45) is 0. The molecule has 0 nitrogen and oxygen atoms in total. The Morgan fingerprint density at radius 1 is 0.667 bits per heavy atom. The first-order valence-electron chi connectivity index (χ1n) is 7.56. The SMILES string of the molecule is Fc1ccc(SCC(Sc2ccc(F)cc2)c2ccccc2)cc1. The van der Waals surface area contributed by atoms with E-state index in [2.05, 4.69) is 12.1 Å². The van der Waals surface area contributed by atoms with Gasteiger partial charge in [0.15, 0.2) is 0 Å². The summed E-state index contributed by atoms with van der Waals surface area (Å²) in [5, 5.41) is 0.228. The summed E-state index contributed by atoms with van der Waals surface area (Å²) < 4.78 is 26.1. The monoisotopic (exact) mass is 358 g/mol. The van der Waals surface area contributed by atoms with Gasteiger partial charge >= 0.3 is 0 Å². The second-order valence-corrected chi connectivity index (χ2v) is 7.61. The second kappa shape index (κ2) is 8.36. The van der Waals surface area contributed by atoms with Crippen LogP contribution in [-0.4, -0.2) is 5.75 Å². The molecule has 0 heterocycles. The maximum absolute atomic E-state index is 13.1. The van der Waals surface area contributed by atoms with Crippen molar-refractivity contribution in [2.45, 2.75) is 15.0 Å². The third kappa shape index (κ3) is 4.86. The van der Waals surface area contributed by atoms with Crippen LogP contribution in [0.2, 0.25) is 0 Å². The van der Waals surface area contributed by atoms with Crippen LogP contribution >= 0.6 is 23.5 Å². The lowest BCUT2D eigenvalue weighted by Crippen LogP contribution is -1.97. The van der Waals surface area contributed by atoms with Crippen molar-refractivity contribution in [1.29, 1.82) is 0 Å². The maximum atomic E-state index is 13.1. The van der Waals surface area contributed by atoms with Crippen molar-refractivity contribution in [2.75, 3.05) is 5.75 Å². The molecule has 24 heavy (non-hydrogen) atoms. The summed E-state index contributed by atoms with van der Waals surface area (Å²) >= 11 is 3.40. The van der Waals surface area contributed by atoms with Crippen LogP contribution in [0.3, 0.4) is 0 Å². The largest absolute Gasteiger partial charge is 0.207 e. The van der Waals surface area contributed by atoms with E-state index in [1.165, 1.54) is 29.8 Å². The Morgan fingerprint density at radius 2 is 1.21 bits per heavy atom. The quantitative estimate of drug-likeness (QED) is 0.456. The average Bonchev–Trinajstić information content (AvgIpc) is 2.62. The van der Waals surface area contributed by atoms with Crippen molar-refractivity contribution < 1.29 is 8.78 Å². The molecule has 0 fully saturated rings. The van der Waals surface area contributed by atoms with Crippen molar-refractivity contribution in [2.24, 2.45) is 0 Å². The zero-order valence-corrected chi connectivity index (χ0v) is 14.5. The topological polar surface area (TPSA) is 0 Å². The lowest BCUT2D eigenvalue weighted by molar-refractivity contribution is 0.626. The number of thioether (sulfide) groups is 2. The molecule has 3 aromatic carbocycles. The summed E-state index contributed by atoms with van der Waals surface area (Å²) in [5.74, 6) is 0.397. The van der Waals surface area contributed by atoms with E-state index in [-0.39, 0.29) is 16.9 Å². The molecule has 0 radical (unpaired) electrons. The molecular formula is C20H16F2S2. The van der Waals surface area contributed by atoms with Gasteiger partial charge in [-0.1, -0.05) is 30.3 Å². The van der Waals surface area contributed by atoms with Gasteiger partial charge in [0.25, 0.3) is 0 Å². The Morgan fingerprint density at radius 3 is 1.79 bits per heavy atom. The number of rotatable bonds is 6. The molecule has 0 aliphatic rings. The van der Waals surface area contributed by atoms with Crippen molar-refractivity contribution in [1.82, 2.24) is 0 Å². The lowest BCUT2D eigenvalue weighted by Gasteiger charge is -2.17. The number of hydrogen-bond acceptors (Lipinski definition) is 2. The second-order valence-electron chi connectivity index (χ2n) is 5.24. The van der Waals surface area contributed by atoms with Gasteiger partial charge in [-0.05, 0) is 54.1 Å². The van der Waals surface area contributed by atoms with E-state index >= 15 is 0 Å². The minimum absolute atomic E-state index is 0.223. The minimum Gasteiger partial charge on any atom is -0.207 e. The van der Waals surface area contributed by atoms with E-state index in [1.807, 2.05) is 18.2 Å². The normalized spacial score (nSPS) is 12.1. The predicted octanol–water partition coefficient (Wildman–Crippen LogP) is 6.59. The summed E-state index contributed by atoms with van der Waals surface area (Å²) in [6, 6.07) is 23.4. The first-order valence-corrected chi connectivity index (χ1v) is 9.43. The maximum Gasteiger partial charge on any atom is 0.123 e. The first-order chi connectivity index (χ1) is 11.7. The van der Waals surface area contributed by atoms with Crippen molar-refractivity contribution in [3.05, 3.63) is 96.1 Å². The Balaban J connectivity index is 1.74. The highest BCUT2D eigenvalue weighted by Gasteiger charge is 2.14. The van der Waals surface area contributed by atoms with Crippen molar-refractivity contribution in [3.8, 4) is 0 Å².